The van der Waals surface area contributed by atoms with Crippen LogP contribution in [0.4, 0.5) is 0 Å². The maximum atomic E-state index is 12.8. The van der Waals surface area contributed by atoms with Crippen molar-refractivity contribution in [3.8, 4) is 11.1 Å². The molecule has 2 aromatic heterocycles. The minimum atomic E-state index is -0.586. The van der Waals surface area contributed by atoms with Gasteiger partial charge in [-0.1, -0.05) is 24.3 Å². The molecule has 0 unspecified atom stereocenters. The van der Waals surface area contributed by atoms with Crippen LogP contribution in [0, 0.1) is 6.92 Å². The molecule has 1 atom stereocenters. The fraction of sp³-hybridized carbons (Fsp3) is 0.429. The molecule has 3 aromatic rings. The topological polar surface area (TPSA) is 78.5 Å². The van der Waals surface area contributed by atoms with E-state index in [0.717, 1.165) is 21.5 Å². The average molecular weight is 402 g/mol. The average Bonchev–Trinajstić information content (AvgIpc) is 3.04. The van der Waals surface area contributed by atoms with Gasteiger partial charge in [0.1, 0.15) is 10.7 Å². The fourth-order valence-electron chi connectivity index (χ4n) is 3.18. The number of hydrogen-bond donors (Lipinski definition) is 2. The maximum absolute atomic E-state index is 12.8. The molecule has 0 bridgehead atoms. The van der Waals surface area contributed by atoms with Crippen LogP contribution < -0.4 is 5.56 Å². The van der Waals surface area contributed by atoms with E-state index in [4.69, 9.17) is 4.74 Å². The van der Waals surface area contributed by atoms with E-state index >= 15 is 0 Å². The summed E-state index contributed by atoms with van der Waals surface area (Å²) in [6.07, 6.45) is -0.501. The Labute approximate surface area is 168 Å². The summed E-state index contributed by atoms with van der Waals surface area (Å²) in [5.74, 6) is 0.593. The van der Waals surface area contributed by atoms with Crippen LogP contribution in [0.3, 0.4) is 0 Å². The van der Waals surface area contributed by atoms with Crippen molar-refractivity contribution in [3.05, 3.63) is 51.4 Å². The predicted molar refractivity (Wildman–Crippen MR) is 114 cm³/mol. The van der Waals surface area contributed by atoms with Crippen molar-refractivity contribution in [1.82, 2.24) is 14.9 Å². The molecule has 28 heavy (non-hydrogen) atoms. The maximum Gasteiger partial charge on any atom is 0.260 e. The molecule has 0 radical (unpaired) electrons. The fourth-order valence-corrected chi connectivity index (χ4v) is 4.14. The highest BCUT2D eigenvalue weighted by Gasteiger charge is 2.16. The van der Waals surface area contributed by atoms with Gasteiger partial charge < -0.3 is 14.8 Å². The molecule has 0 spiro atoms. The predicted octanol–water partition coefficient (Wildman–Crippen LogP) is 3.18. The summed E-state index contributed by atoms with van der Waals surface area (Å²) in [6, 6.07) is 8.03. The zero-order valence-corrected chi connectivity index (χ0v) is 17.5. The highest BCUT2D eigenvalue weighted by molar-refractivity contribution is 7.17. The first-order valence-electron chi connectivity index (χ1n) is 9.39. The summed E-state index contributed by atoms with van der Waals surface area (Å²) in [6.45, 7) is 7.09. The number of aromatic nitrogens is 2. The summed E-state index contributed by atoms with van der Waals surface area (Å²) in [4.78, 5) is 23.0. The normalized spacial score (nSPS) is 13.0. The van der Waals surface area contributed by atoms with Gasteiger partial charge in [-0.15, -0.1) is 11.3 Å². The Hall–Kier alpha value is -2.06. The van der Waals surface area contributed by atoms with Crippen LogP contribution in [0.25, 0.3) is 21.3 Å². The number of aliphatic hydroxyl groups is 1. The van der Waals surface area contributed by atoms with Crippen LogP contribution in [-0.4, -0.2) is 52.4 Å². The van der Waals surface area contributed by atoms with Crippen molar-refractivity contribution < 1.29 is 9.84 Å². The quantitative estimate of drug-likeness (QED) is 0.606. The second kappa shape index (κ2) is 8.96. The van der Waals surface area contributed by atoms with Crippen molar-refractivity contribution in [2.24, 2.45) is 0 Å². The molecule has 0 amide bonds. The van der Waals surface area contributed by atoms with E-state index in [0.29, 0.717) is 24.3 Å². The number of H-pyrrole nitrogens is 1. The smallest absolute Gasteiger partial charge is 0.260 e. The zero-order chi connectivity index (χ0) is 20.3. The molecule has 150 valence electrons. The number of nitrogens with one attached hydrogen (secondary N) is 1. The minimum Gasteiger partial charge on any atom is -0.389 e. The van der Waals surface area contributed by atoms with Crippen LogP contribution >= 0.6 is 11.3 Å². The van der Waals surface area contributed by atoms with E-state index in [9.17, 15) is 9.90 Å². The van der Waals surface area contributed by atoms with Gasteiger partial charge in [0, 0.05) is 17.5 Å². The van der Waals surface area contributed by atoms with Crippen molar-refractivity contribution >= 4 is 21.6 Å². The van der Waals surface area contributed by atoms with Crippen LogP contribution in [0.1, 0.15) is 25.2 Å². The second-order valence-electron chi connectivity index (χ2n) is 7.39. The molecule has 6 nitrogen and oxygen atoms in total. The Bertz CT molecular complexity index is 996. The van der Waals surface area contributed by atoms with E-state index in [1.54, 1.807) is 0 Å². The lowest BCUT2D eigenvalue weighted by Crippen LogP contribution is -2.33. The number of thiophene rings is 1. The van der Waals surface area contributed by atoms with E-state index in [1.165, 1.54) is 11.3 Å². The summed E-state index contributed by atoms with van der Waals surface area (Å²) < 4.78 is 5.44. The number of nitrogens with zero attached hydrogens (tertiary/aromatic N) is 2. The van der Waals surface area contributed by atoms with E-state index < -0.39 is 6.10 Å². The third-order valence-corrected chi connectivity index (χ3v) is 5.36. The molecule has 0 aliphatic carbocycles. The summed E-state index contributed by atoms with van der Waals surface area (Å²) in [7, 11) is 1.88. The van der Waals surface area contributed by atoms with Crippen LogP contribution in [0.5, 0.6) is 0 Å². The molecule has 0 aliphatic rings. The number of hydrogen-bond acceptors (Lipinski definition) is 6. The van der Waals surface area contributed by atoms with Crippen LogP contribution in [0.2, 0.25) is 0 Å². The highest BCUT2D eigenvalue weighted by atomic mass is 32.1. The number of aliphatic hydroxyl groups excluding tert-OH is 1. The molecule has 2 N–H and O–H groups in total. The molecular weight excluding hydrogens is 374 g/mol. The van der Waals surface area contributed by atoms with Crippen molar-refractivity contribution in [2.45, 2.75) is 39.5 Å². The van der Waals surface area contributed by atoms with Gasteiger partial charge >= 0.3 is 0 Å². The number of aryl methyl sites for hydroxylation is 1. The highest BCUT2D eigenvalue weighted by Crippen LogP contribution is 2.32. The Morgan fingerprint density at radius 2 is 2.04 bits per heavy atom. The van der Waals surface area contributed by atoms with Crippen molar-refractivity contribution in [1.29, 1.82) is 0 Å². The van der Waals surface area contributed by atoms with Crippen LogP contribution in [-0.2, 0) is 11.3 Å². The van der Waals surface area contributed by atoms with Gasteiger partial charge in [0.15, 0.2) is 0 Å². The Morgan fingerprint density at radius 1 is 1.29 bits per heavy atom. The molecule has 0 saturated heterocycles. The first kappa shape index (κ1) is 20.7. The molecular formula is C21H27N3O3S. The first-order chi connectivity index (χ1) is 13.3. The number of ether oxygens (including phenoxy) is 1. The Morgan fingerprint density at radius 3 is 2.75 bits per heavy atom. The number of likely N-dealkylation sites (N-methyl/N-ethyl adjacent to an activating group) is 1. The van der Waals surface area contributed by atoms with Crippen molar-refractivity contribution in [2.75, 3.05) is 20.2 Å². The lowest BCUT2D eigenvalue weighted by molar-refractivity contribution is -0.00656. The van der Waals surface area contributed by atoms with Crippen LogP contribution in [0.15, 0.2) is 34.4 Å². The molecule has 1 aromatic carbocycles. The zero-order valence-electron chi connectivity index (χ0n) is 16.7. The second-order valence-corrected chi connectivity index (χ2v) is 8.25. The third kappa shape index (κ3) is 4.86. The largest absolute Gasteiger partial charge is 0.389 e. The molecule has 7 heteroatoms. The monoisotopic (exact) mass is 401 g/mol. The molecule has 0 aliphatic heterocycles. The van der Waals surface area contributed by atoms with E-state index in [2.05, 4.69) is 9.97 Å². The van der Waals surface area contributed by atoms with Gasteiger partial charge in [-0.25, -0.2) is 4.98 Å². The van der Waals surface area contributed by atoms with E-state index in [1.807, 2.05) is 62.4 Å². The number of fused-ring (bicyclic) bond motifs is 1. The van der Waals surface area contributed by atoms with Gasteiger partial charge in [0.25, 0.3) is 5.56 Å². The van der Waals surface area contributed by atoms with Gasteiger partial charge in [0.2, 0.25) is 0 Å². The number of rotatable bonds is 8. The Kier molecular flexibility index (Phi) is 6.61. The molecule has 2 heterocycles. The lowest BCUT2D eigenvalue weighted by atomic mass is 10.0. The first-order valence-corrected chi connectivity index (χ1v) is 10.3. The third-order valence-electron chi connectivity index (χ3n) is 4.49. The molecule has 0 saturated carbocycles. The van der Waals surface area contributed by atoms with Gasteiger partial charge in [-0.05, 0) is 38.9 Å². The minimum absolute atomic E-state index is 0.0849. The standard InChI is InChI=1S/C21H27N3O3S/c1-13(2)27-11-15(25)9-24(4)10-18-22-20(26)19-17(12-28-21(19)23-18)16-8-6-5-7-14(16)3/h5-8,12-13,15,25H,9-11H2,1-4H3,(H,22,23,26)/t15-/m0/s1. The van der Waals surface area contributed by atoms with Gasteiger partial charge in [0.05, 0.1) is 30.7 Å². The Balaban J connectivity index is 1.78. The van der Waals surface area contributed by atoms with Crippen molar-refractivity contribution in [3.63, 3.8) is 0 Å². The molecule has 0 fully saturated rings. The number of benzene rings is 1. The number of aromatic amines is 1. The van der Waals surface area contributed by atoms with Gasteiger partial charge in [-0.2, -0.15) is 0 Å². The lowest BCUT2D eigenvalue weighted by Gasteiger charge is -2.20. The summed E-state index contributed by atoms with van der Waals surface area (Å²) >= 11 is 1.48. The summed E-state index contributed by atoms with van der Waals surface area (Å²) in [5.41, 5.74) is 2.98. The SMILES string of the molecule is Cc1ccccc1-c1csc2nc(CN(C)C[C@H](O)COC(C)C)[nH]c(=O)c12. The molecule has 3 rings (SSSR count). The van der Waals surface area contributed by atoms with Gasteiger partial charge in [-0.3, -0.25) is 9.69 Å². The summed E-state index contributed by atoms with van der Waals surface area (Å²) in [5, 5.41) is 12.7. The van der Waals surface area contributed by atoms with E-state index in [-0.39, 0.29) is 18.3 Å².